The highest BCUT2D eigenvalue weighted by atomic mass is 16.1. The Hall–Kier alpha value is -1.91. The summed E-state index contributed by atoms with van der Waals surface area (Å²) in [7, 11) is 0. The average Bonchev–Trinajstić information content (AvgIpc) is 2.25. The van der Waals surface area contributed by atoms with Crippen LogP contribution in [-0.4, -0.2) is 30.3 Å². The zero-order chi connectivity index (χ0) is 11.1. The summed E-state index contributed by atoms with van der Waals surface area (Å²) >= 11 is 0. The van der Waals surface area contributed by atoms with Gasteiger partial charge in [0.2, 0.25) is 0 Å². The number of nitrogens with one attached hydrogen (secondary N) is 3. The first-order valence-electron chi connectivity index (χ1n) is 4.67. The predicted molar refractivity (Wildman–Crippen MR) is 58.1 cm³/mol. The first-order valence-corrected chi connectivity index (χ1v) is 4.67. The lowest BCUT2D eigenvalue weighted by atomic mass is 10.2. The van der Waals surface area contributed by atoms with Crippen molar-refractivity contribution in [3.05, 3.63) is 29.6 Å². The zero-order valence-electron chi connectivity index (χ0n) is 8.58. The van der Waals surface area contributed by atoms with Crippen LogP contribution in [0.3, 0.4) is 0 Å². The van der Waals surface area contributed by atoms with Crippen LogP contribution in [0.4, 0.5) is 0 Å². The van der Waals surface area contributed by atoms with Gasteiger partial charge < -0.3 is 10.6 Å². The summed E-state index contributed by atoms with van der Waals surface area (Å²) in [6, 6.07) is 3.53. The molecule has 0 saturated carbocycles. The number of nitrogens with zero attached hydrogens (tertiary/aromatic N) is 1. The molecule has 0 aromatic carbocycles. The molecule has 1 aromatic heterocycles. The summed E-state index contributed by atoms with van der Waals surface area (Å²) in [5, 5.41) is 12.1. The van der Waals surface area contributed by atoms with Gasteiger partial charge in [-0.2, -0.15) is 0 Å². The van der Waals surface area contributed by atoms with Crippen molar-refractivity contribution in [1.82, 2.24) is 15.6 Å². The lowest BCUT2D eigenvalue weighted by Gasteiger charge is -2.04. The highest BCUT2D eigenvalue weighted by Gasteiger charge is 2.03. The van der Waals surface area contributed by atoms with E-state index < -0.39 is 0 Å². The monoisotopic (exact) mass is 206 g/mol. The van der Waals surface area contributed by atoms with Crippen molar-refractivity contribution in [2.24, 2.45) is 0 Å². The molecule has 1 amide bonds. The number of hydrogen-bond donors (Lipinski definition) is 3. The van der Waals surface area contributed by atoms with Crippen molar-refractivity contribution in [1.29, 1.82) is 5.41 Å². The Balaban J connectivity index is 2.40. The van der Waals surface area contributed by atoms with E-state index in [1.807, 2.05) is 6.92 Å². The minimum absolute atomic E-state index is 0.144. The molecule has 0 aliphatic heterocycles. The molecule has 80 valence electrons. The normalized spacial score (nSPS) is 9.40. The highest BCUT2D eigenvalue weighted by molar-refractivity contribution is 5.93. The maximum atomic E-state index is 11.5. The molecule has 1 rings (SSSR count). The first-order chi connectivity index (χ1) is 7.24. The zero-order valence-corrected chi connectivity index (χ0v) is 8.58. The Morgan fingerprint density at radius 3 is 2.93 bits per heavy atom. The standard InChI is InChI=1S/C10H14N4O/c1-8-2-3-9(6-14-8)10(15)13-5-4-12-7-11/h2-3,6-7H,4-5H2,1H3,(H2,11,12)(H,13,15). The van der Waals surface area contributed by atoms with Gasteiger partial charge in [-0.25, -0.2) is 0 Å². The van der Waals surface area contributed by atoms with Crippen molar-refractivity contribution in [3.63, 3.8) is 0 Å². The van der Waals surface area contributed by atoms with E-state index in [9.17, 15) is 4.79 Å². The number of carbonyl (C=O) groups excluding carboxylic acids is 1. The van der Waals surface area contributed by atoms with Crippen LogP contribution in [0.5, 0.6) is 0 Å². The fourth-order valence-corrected chi connectivity index (χ4v) is 1.02. The Morgan fingerprint density at radius 2 is 2.33 bits per heavy atom. The molecule has 0 saturated heterocycles. The Bertz CT molecular complexity index is 334. The summed E-state index contributed by atoms with van der Waals surface area (Å²) < 4.78 is 0. The molecule has 5 nitrogen and oxygen atoms in total. The number of aryl methyl sites for hydroxylation is 1. The first kappa shape index (κ1) is 11.2. The van der Waals surface area contributed by atoms with Crippen molar-refractivity contribution in [2.75, 3.05) is 13.1 Å². The van der Waals surface area contributed by atoms with Gasteiger partial charge in [-0.05, 0) is 19.1 Å². The minimum Gasteiger partial charge on any atom is -0.375 e. The van der Waals surface area contributed by atoms with E-state index >= 15 is 0 Å². The lowest BCUT2D eigenvalue weighted by molar-refractivity contribution is 0.0954. The third kappa shape index (κ3) is 3.76. The molecule has 0 aliphatic carbocycles. The summed E-state index contributed by atoms with van der Waals surface area (Å²) in [5.74, 6) is -0.144. The molecule has 1 aromatic rings. The molecule has 0 radical (unpaired) electrons. The third-order valence-electron chi connectivity index (χ3n) is 1.83. The lowest BCUT2D eigenvalue weighted by Crippen LogP contribution is -2.31. The quantitative estimate of drug-likeness (QED) is 0.369. The summed E-state index contributed by atoms with van der Waals surface area (Å²) in [5.41, 5.74) is 1.44. The molecular formula is C10H14N4O. The second kappa shape index (κ2) is 5.74. The van der Waals surface area contributed by atoms with Gasteiger partial charge in [0.25, 0.3) is 5.91 Å². The summed E-state index contributed by atoms with van der Waals surface area (Å²) in [4.78, 5) is 15.5. The molecule has 0 aliphatic rings. The minimum atomic E-state index is -0.144. The van der Waals surface area contributed by atoms with Crippen LogP contribution in [0.25, 0.3) is 0 Å². The summed E-state index contributed by atoms with van der Waals surface area (Å²) in [6.07, 6.45) is 2.65. The van der Waals surface area contributed by atoms with Crippen molar-refractivity contribution < 1.29 is 4.79 Å². The van der Waals surface area contributed by atoms with E-state index in [0.29, 0.717) is 18.7 Å². The van der Waals surface area contributed by atoms with Gasteiger partial charge in [-0.15, -0.1) is 0 Å². The Labute approximate surface area is 88.4 Å². The fraction of sp³-hybridized carbons (Fsp3) is 0.300. The predicted octanol–water partition coefficient (Wildman–Crippen LogP) is 0.316. The van der Waals surface area contributed by atoms with E-state index in [1.165, 1.54) is 0 Å². The Kier molecular flexibility index (Phi) is 4.28. The van der Waals surface area contributed by atoms with Gasteiger partial charge in [-0.3, -0.25) is 15.2 Å². The number of rotatable bonds is 5. The Morgan fingerprint density at radius 1 is 1.53 bits per heavy atom. The van der Waals surface area contributed by atoms with Crippen LogP contribution in [0.2, 0.25) is 0 Å². The van der Waals surface area contributed by atoms with E-state index in [1.54, 1.807) is 18.3 Å². The van der Waals surface area contributed by atoms with E-state index in [0.717, 1.165) is 12.0 Å². The average molecular weight is 206 g/mol. The molecule has 0 unspecified atom stereocenters. The van der Waals surface area contributed by atoms with Crippen LogP contribution in [-0.2, 0) is 0 Å². The molecule has 5 heteroatoms. The second-order valence-electron chi connectivity index (χ2n) is 3.04. The third-order valence-corrected chi connectivity index (χ3v) is 1.83. The van der Waals surface area contributed by atoms with Gasteiger partial charge in [0.15, 0.2) is 0 Å². The van der Waals surface area contributed by atoms with Crippen molar-refractivity contribution >= 4 is 12.2 Å². The van der Waals surface area contributed by atoms with Gasteiger partial charge in [0.1, 0.15) is 0 Å². The number of amides is 1. The number of aromatic nitrogens is 1. The molecule has 1 heterocycles. The molecule has 0 fully saturated rings. The van der Waals surface area contributed by atoms with Crippen LogP contribution in [0.1, 0.15) is 16.1 Å². The molecule has 0 spiro atoms. The molecule has 0 atom stereocenters. The van der Waals surface area contributed by atoms with Crippen molar-refractivity contribution in [3.8, 4) is 0 Å². The van der Waals surface area contributed by atoms with Crippen LogP contribution >= 0.6 is 0 Å². The maximum Gasteiger partial charge on any atom is 0.252 e. The number of carbonyl (C=O) groups is 1. The van der Waals surface area contributed by atoms with E-state index in [-0.39, 0.29) is 5.91 Å². The van der Waals surface area contributed by atoms with Crippen LogP contribution in [0, 0.1) is 12.3 Å². The van der Waals surface area contributed by atoms with Gasteiger partial charge in [0.05, 0.1) is 11.9 Å². The van der Waals surface area contributed by atoms with E-state index in [4.69, 9.17) is 5.41 Å². The number of hydrogen-bond acceptors (Lipinski definition) is 3. The van der Waals surface area contributed by atoms with Crippen LogP contribution < -0.4 is 10.6 Å². The number of pyridine rings is 1. The second-order valence-corrected chi connectivity index (χ2v) is 3.04. The van der Waals surface area contributed by atoms with E-state index in [2.05, 4.69) is 15.6 Å². The summed E-state index contributed by atoms with van der Waals surface area (Å²) in [6.45, 7) is 2.91. The molecule has 3 N–H and O–H groups in total. The van der Waals surface area contributed by atoms with Crippen molar-refractivity contribution in [2.45, 2.75) is 6.92 Å². The largest absolute Gasteiger partial charge is 0.375 e. The van der Waals surface area contributed by atoms with Gasteiger partial charge >= 0.3 is 0 Å². The smallest absolute Gasteiger partial charge is 0.252 e. The maximum absolute atomic E-state index is 11.5. The topological polar surface area (TPSA) is 77.9 Å². The molecular weight excluding hydrogens is 192 g/mol. The fourth-order valence-electron chi connectivity index (χ4n) is 1.02. The molecule has 0 bridgehead atoms. The SMILES string of the molecule is Cc1ccc(C(=O)NCCNC=N)cn1. The van der Waals surface area contributed by atoms with Gasteiger partial charge in [0, 0.05) is 25.0 Å². The van der Waals surface area contributed by atoms with Gasteiger partial charge in [-0.1, -0.05) is 0 Å². The van der Waals surface area contributed by atoms with Crippen LogP contribution in [0.15, 0.2) is 18.3 Å². The highest BCUT2D eigenvalue weighted by Crippen LogP contribution is 1.98. The molecule has 15 heavy (non-hydrogen) atoms.